The fraction of sp³-hybridized carbons (Fsp3) is 0.667. The topological polar surface area (TPSA) is 100 Å². The lowest BCUT2D eigenvalue weighted by atomic mass is 9.60. The summed E-state index contributed by atoms with van der Waals surface area (Å²) in [5.74, 6) is -0.517. The summed E-state index contributed by atoms with van der Waals surface area (Å²) in [5.41, 5.74) is 1.36. The summed E-state index contributed by atoms with van der Waals surface area (Å²) in [6, 6.07) is 2.13. The van der Waals surface area contributed by atoms with Crippen LogP contribution in [0.4, 0.5) is 5.69 Å². The van der Waals surface area contributed by atoms with Gasteiger partial charge in [0.2, 0.25) is 0 Å². The van der Waals surface area contributed by atoms with Gasteiger partial charge in [0.15, 0.2) is 11.5 Å². The summed E-state index contributed by atoms with van der Waals surface area (Å²) in [6.07, 6.45) is 4.18. The fourth-order valence-corrected chi connectivity index (χ4v) is 5.41. The normalized spacial score (nSPS) is 36.0. The van der Waals surface area contributed by atoms with Crippen molar-refractivity contribution in [2.75, 3.05) is 24.6 Å². The van der Waals surface area contributed by atoms with Gasteiger partial charge in [-0.05, 0) is 49.7 Å². The molecule has 4 fully saturated rings. The third kappa shape index (κ3) is 2.55. The van der Waals surface area contributed by atoms with Gasteiger partial charge in [0.25, 0.3) is 0 Å². The highest BCUT2D eigenvalue weighted by Gasteiger charge is 2.73. The zero-order valence-corrected chi connectivity index (χ0v) is 17.2. The first-order valence-corrected chi connectivity index (χ1v) is 10.4. The van der Waals surface area contributed by atoms with Gasteiger partial charge in [0.1, 0.15) is 11.5 Å². The van der Waals surface area contributed by atoms with E-state index in [4.69, 9.17) is 4.74 Å². The van der Waals surface area contributed by atoms with Gasteiger partial charge in [-0.25, -0.2) is 9.50 Å². The highest BCUT2D eigenvalue weighted by molar-refractivity contribution is 5.78. The SMILES string of the molecule is CC[C@@]1(C)CCN(c2cc(C)c3nc(C4OC5(CO)CC4(C(=O)O)C5)nn3c2)C1. The maximum Gasteiger partial charge on any atom is 0.313 e. The van der Waals surface area contributed by atoms with Crippen LogP contribution in [0.25, 0.3) is 5.65 Å². The fourth-order valence-electron chi connectivity index (χ4n) is 5.41. The molecule has 8 heteroatoms. The minimum Gasteiger partial charge on any atom is -0.481 e. The molecule has 6 rings (SSSR count). The summed E-state index contributed by atoms with van der Waals surface area (Å²) >= 11 is 0. The Labute approximate surface area is 169 Å². The minimum atomic E-state index is -1.04. The molecule has 2 aromatic heterocycles. The number of nitrogens with zero attached hydrogens (tertiary/aromatic N) is 4. The molecule has 0 spiro atoms. The van der Waals surface area contributed by atoms with E-state index in [1.54, 1.807) is 4.52 Å². The van der Waals surface area contributed by atoms with Crippen LogP contribution >= 0.6 is 0 Å². The molecule has 2 bridgehead atoms. The van der Waals surface area contributed by atoms with Gasteiger partial charge >= 0.3 is 5.97 Å². The van der Waals surface area contributed by atoms with E-state index in [2.05, 4.69) is 34.9 Å². The van der Waals surface area contributed by atoms with Crippen LogP contribution in [-0.4, -0.2) is 56.1 Å². The lowest BCUT2D eigenvalue weighted by molar-refractivity contribution is -0.156. The van der Waals surface area contributed by atoms with E-state index >= 15 is 0 Å². The van der Waals surface area contributed by atoms with Crippen LogP contribution in [0.2, 0.25) is 0 Å². The van der Waals surface area contributed by atoms with Crippen LogP contribution in [0.1, 0.15) is 57.0 Å². The summed E-state index contributed by atoms with van der Waals surface area (Å²) in [4.78, 5) is 19.0. The number of hydrogen-bond donors (Lipinski definition) is 2. The van der Waals surface area contributed by atoms with Gasteiger partial charge < -0.3 is 19.8 Å². The van der Waals surface area contributed by atoms with Crippen molar-refractivity contribution in [3.8, 4) is 0 Å². The zero-order valence-electron chi connectivity index (χ0n) is 17.2. The Morgan fingerprint density at radius 2 is 2.17 bits per heavy atom. The molecule has 0 amide bonds. The van der Waals surface area contributed by atoms with E-state index in [1.165, 1.54) is 6.42 Å². The first kappa shape index (κ1) is 18.8. The smallest absolute Gasteiger partial charge is 0.313 e. The molecule has 2 aromatic rings. The number of carboxylic acids is 1. The van der Waals surface area contributed by atoms with Crippen LogP contribution in [-0.2, 0) is 9.53 Å². The number of aliphatic hydroxyl groups excluding tert-OH is 1. The highest BCUT2D eigenvalue weighted by Crippen LogP contribution is 2.66. The number of anilines is 1. The molecular weight excluding hydrogens is 372 g/mol. The standard InChI is InChI=1S/C21H28N4O4/c1-4-19(3)5-6-24(11-19)14-7-13(2)17-22-16(23-25(17)8-14)15-21(18(27)28)9-20(10-21,12-26)29-15/h7-8,15,26H,4-6,9-12H2,1-3H3,(H,27,28)/t15?,19-,20?,21?/m0/s1. The van der Waals surface area contributed by atoms with Crippen LogP contribution in [0.3, 0.4) is 0 Å². The molecule has 5 heterocycles. The van der Waals surface area contributed by atoms with E-state index in [-0.39, 0.29) is 6.61 Å². The molecule has 29 heavy (non-hydrogen) atoms. The molecule has 156 valence electrons. The summed E-state index contributed by atoms with van der Waals surface area (Å²) in [6.45, 7) is 8.43. The molecule has 1 aliphatic carbocycles. The van der Waals surface area contributed by atoms with E-state index in [9.17, 15) is 15.0 Å². The minimum absolute atomic E-state index is 0.180. The van der Waals surface area contributed by atoms with Gasteiger partial charge in [0.05, 0.1) is 24.1 Å². The van der Waals surface area contributed by atoms with Crippen molar-refractivity contribution < 1.29 is 19.7 Å². The average Bonchev–Trinajstić information content (AvgIpc) is 3.40. The summed E-state index contributed by atoms with van der Waals surface area (Å²) < 4.78 is 7.74. The van der Waals surface area contributed by atoms with Crippen molar-refractivity contribution >= 4 is 17.3 Å². The molecule has 2 N–H and O–H groups in total. The Morgan fingerprint density at radius 1 is 1.41 bits per heavy atom. The van der Waals surface area contributed by atoms with Crippen molar-refractivity contribution in [3.05, 3.63) is 23.7 Å². The molecule has 4 aliphatic rings. The van der Waals surface area contributed by atoms with Crippen LogP contribution in [0.15, 0.2) is 12.3 Å². The summed E-state index contributed by atoms with van der Waals surface area (Å²) in [7, 11) is 0. The monoisotopic (exact) mass is 400 g/mol. The van der Waals surface area contributed by atoms with Gasteiger partial charge in [-0.2, -0.15) is 0 Å². The number of rotatable bonds is 5. The average molecular weight is 400 g/mol. The number of pyridine rings is 1. The Balaban J connectivity index is 1.50. The van der Waals surface area contributed by atoms with Crippen molar-refractivity contribution in [1.82, 2.24) is 14.6 Å². The number of aryl methyl sites for hydroxylation is 1. The van der Waals surface area contributed by atoms with E-state index in [1.807, 2.05) is 13.1 Å². The molecule has 0 radical (unpaired) electrons. The van der Waals surface area contributed by atoms with Crippen molar-refractivity contribution in [1.29, 1.82) is 0 Å². The van der Waals surface area contributed by atoms with Crippen molar-refractivity contribution in [3.63, 3.8) is 0 Å². The largest absolute Gasteiger partial charge is 0.481 e. The highest BCUT2D eigenvalue weighted by atomic mass is 16.5. The number of carboxylic acid groups (broad SMARTS) is 1. The first-order valence-electron chi connectivity index (χ1n) is 10.4. The Bertz CT molecular complexity index is 996. The van der Waals surface area contributed by atoms with Gasteiger partial charge in [-0.3, -0.25) is 4.79 Å². The molecule has 2 atom stereocenters. The molecule has 8 nitrogen and oxygen atoms in total. The predicted molar refractivity (Wildman–Crippen MR) is 106 cm³/mol. The van der Waals surface area contributed by atoms with Crippen LogP contribution in [0, 0.1) is 17.8 Å². The number of aliphatic hydroxyl groups is 1. The molecule has 1 saturated carbocycles. The van der Waals surface area contributed by atoms with Crippen LogP contribution < -0.4 is 4.90 Å². The number of hydrogen-bond acceptors (Lipinski definition) is 6. The Morgan fingerprint density at radius 3 is 2.79 bits per heavy atom. The molecule has 3 aliphatic heterocycles. The Hall–Kier alpha value is -2.19. The van der Waals surface area contributed by atoms with Crippen molar-refractivity contribution in [2.24, 2.45) is 10.8 Å². The van der Waals surface area contributed by atoms with Crippen molar-refractivity contribution in [2.45, 2.75) is 58.2 Å². The summed E-state index contributed by atoms with van der Waals surface area (Å²) in [5, 5.41) is 24.1. The van der Waals surface area contributed by atoms with Gasteiger partial charge in [-0.15, -0.1) is 5.10 Å². The van der Waals surface area contributed by atoms with Crippen LogP contribution in [0.5, 0.6) is 0 Å². The molecule has 3 saturated heterocycles. The second kappa shape index (κ2) is 5.92. The number of fused-ring (bicyclic) bond motifs is 2. The second-order valence-electron chi connectivity index (χ2n) is 9.61. The third-order valence-electron chi connectivity index (χ3n) is 7.49. The molecule has 1 unspecified atom stereocenters. The maximum absolute atomic E-state index is 12.0. The number of ether oxygens (including phenoxy) is 1. The predicted octanol–water partition coefficient (Wildman–Crippen LogP) is 2.33. The zero-order chi connectivity index (χ0) is 20.6. The second-order valence-corrected chi connectivity index (χ2v) is 9.61. The van der Waals surface area contributed by atoms with Gasteiger partial charge in [-0.1, -0.05) is 13.8 Å². The van der Waals surface area contributed by atoms with Gasteiger partial charge in [0, 0.05) is 13.1 Å². The van der Waals surface area contributed by atoms with E-state index in [0.29, 0.717) is 29.7 Å². The lowest BCUT2D eigenvalue weighted by Crippen LogP contribution is -2.51. The number of aliphatic carboxylic acids is 1. The van der Waals surface area contributed by atoms with E-state index in [0.717, 1.165) is 30.8 Å². The Kier molecular flexibility index (Phi) is 3.84. The maximum atomic E-state index is 12.0. The quantitative estimate of drug-likeness (QED) is 0.794. The lowest BCUT2D eigenvalue weighted by Gasteiger charge is -2.40. The van der Waals surface area contributed by atoms with E-state index < -0.39 is 23.1 Å². The third-order valence-corrected chi connectivity index (χ3v) is 7.49. The number of carbonyl (C=O) groups is 1. The molecular formula is C21H28N4O4. The first-order chi connectivity index (χ1) is 13.7. The number of aromatic nitrogens is 3. The molecule has 0 aromatic carbocycles.